The number of rotatable bonds is 27. The van der Waals surface area contributed by atoms with Gasteiger partial charge in [0.15, 0.2) is 20.2 Å². The van der Waals surface area contributed by atoms with Crippen molar-refractivity contribution in [1.29, 1.82) is 0 Å². The quantitative estimate of drug-likeness (QED) is 0.0120. The predicted octanol–water partition coefficient (Wildman–Crippen LogP) is 20.2. The van der Waals surface area contributed by atoms with Crippen molar-refractivity contribution in [2.75, 3.05) is 84.4 Å². The Hall–Kier alpha value is -5.21. The molecule has 0 fully saturated rings. The third-order valence-electron chi connectivity index (χ3n) is 16.5. The monoisotopic (exact) mass is 2170 g/mol. The van der Waals surface area contributed by atoms with E-state index in [1.54, 1.807) is 66.7 Å². The van der Waals surface area contributed by atoms with E-state index in [-0.39, 0.29) is 17.9 Å². The predicted molar refractivity (Wildman–Crippen MR) is 538 cm³/mol. The second-order valence-corrected chi connectivity index (χ2v) is 43.6. The van der Waals surface area contributed by atoms with E-state index in [2.05, 4.69) is 116 Å². The first-order valence-corrected chi connectivity index (χ1v) is 57.0. The van der Waals surface area contributed by atoms with E-state index >= 15 is 0 Å². The fourth-order valence-electron chi connectivity index (χ4n) is 11.7. The molecule has 10 aromatic rings. The number of thiazole rings is 3. The Morgan fingerprint density at radius 1 is 0.409 bits per heavy atom. The molecular weight excluding hydrogens is 2060 g/mol. The van der Waals surface area contributed by atoms with Gasteiger partial charge in [0.25, 0.3) is 41.1 Å². The molecule has 7 aromatic carbocycles. The lowest BCUT2D eigenvalue weighted by molar-refractivity contribution is -0.649. The van der Waals surface area contributed by atoms with Crippen LogP contribution in [0.1, 0.15) is 124 Å². The molecule has 127 heavy (non-hydrogen) atoms. The molecule has 0 radical (unpaired) electrons. The van der Waals surface area contributed by atoms with E-state index in [1.165, 1.54) is 87.9 Å². The van der Waals surface area contributed by atoms with Crippen LogP contribution in [0, 0.1) is 0 Å². The largest absolute Gasteiger partial charge is 0.747 e. The van der Waals surface area contributed by atoms with E-state index in [0.29, 0.717) is 94.6 Å². The highest BCUT2D eigenvalue weighted by Gasteiger charge is 2.35. The highest BCUT2D eigenvalue weighted by molar-refractivity contribution is 9.10. The van der Waals surface area contributed by atoms with Crippen molar-refractivity contribution in [2.45, 2.75) is 141 Å². The summed E-state index contributed by atoms with van der Waals surface area (Å²) in [6, 6.07) is 38.0. The van der Waals surface area contributed by atoms with Crippen molar-refractivity contribution in [3.8, 4) is 0 Å². The molecule has 0 aliphatic carbocycles. The van der Waals surface area contributed by atoms with Gasteiger partial charge in [0, 0.05) is 63.9 Å². The van der Waals surface area contributed by atoms with Gasteiger partial charge in [0.1, 0.15) is 30.1 Å². The minimum Gasteiger partial charge on any atom is -0.747 e. The molecule has 0 unspecified atom stereocenters. The summed E-state index contributed by atoms with van der Waals surface area (Å²) >= 11 is 33.5. The molecule has 3 aliphatic rings. The van der Waals surface area contributed by atoms with Gasteiger partial charge in [-0.3, -0.25) is 13.7 Å². The third kappa shape index (κ3) is 38.7. The van der Waals surface area contributed by atoms with Gasteiger partial charge in [-0.05, 0) is 161 Å². The lowest BCUT2D eigenvalue weighted by Gasteiger charge is -2.21. The molecule has 0 saturated carbocycles. The number of anilines is 3. The summed E-state index contributed by atoms with van der Waals surface area (Å²) in [5.41, 5.74) is 4.03. The average Bonchev–Trinajstić information content (AvgIpc) is 1.61. The average molecular weight is 2170 g/mol. The fraction of sp³-hybridized carbons (Fsp3) is 0.361. The van der Waals surface area contributed by atoms with E-state index in [9.17, 15) is 68.7 Å². The molecule has 3 aromatic heterocycles. The fourth-order valence-corrected chi connectivity index (χ4v) is 23.5. The van der Waals surface area contributed by atoms with E-state index in [1.807, 2.05) is 130 Å². The van der Waals surface area contributed by atoms with Crippen molar-refractivity contribution in [1.82, 2.24) is 16.0 Å². The molecular formula is C83H110Br2Cl3N9O18S12. The number of benzene rings is 7. The number of aromatic nitrogens is 3. The zero-order chi connectivity index (χ0) is 96.0. The first kappa shape index (κ1) is 116. The molecule has 3 aliphatic heterocycles. The maximum absolute atomic E-state index is 11.9. The SMILES string of the molecule is C=C.C=C.CC.CC.CC.CCNCC.CCNCC.CCNCC.O=S(=O)([O-])CN1C(=Cc2sc3ccc4ccccc4c3[n+]2CS(=O)(=O)O)Sc2ccc(Cl)cc21.O=S(=O)([O-])C[n+]1c(C=C2Sc3ccc(Br)cc3N2CCCCS(=O)(=O)O)sc2ccc(Br)cc21.O=S(=O)([O-])C[n+]1c(C=C2Sc3ccc(Cl)cc3N2CCCCS(=O)(=O)O)sc2ccc(Cl)cc21. The maximum atomic E-state index is 11.9. The van der Waals surface area contributed by atoms with Gasteiger partial charge in [0.2, 0.25) is 28.3 Å². The minimum absolute atomic E-state index is 0.263. The van der Waals surface area contributed by atoms with Crippen LogP contribution in [-0.4, -0.2) is 148 Å². The maximum Gasteiger partial charge on any atom is 0.326 e. The smallest absolute Gasteiger partial charge is 0.326 e. The molecule has 0 spiro atoms. The van der Waals surface area contributed by atoms with Crippen LogP contribution in [0.15, 0.2) is 192 Å². The standard InChI is InChI=1S/C21H15ClN2O6S4.C20H18Br2N2O6S4.C20H18Cl2N2O6S4.3C4H11N.3C2H6.2C2H4/c22-14-6-8-17-16(9-14)23(11-33(25,26)27)19(31-17)10-20-24(12-34(28,29)30)21-15-4-2-1-3-13(15)5-7-18(21)32-20;2*21-13-3-5-17-15(9-13)23(7-1-2-8-33(25,26)27)19(31-17)11-20-24(12-34(28,29)30)16-10-14(22)4-6-18(16)32-20;3*1-3-5-4-2;5*1-2/h1-10H,11-12H2,(H-,25,26,27,28,29,30);2*3-6,9-11H,1-2,7-8,12H2,(H-,25,26,27,28,29,30);3*5H,3-4H2,1-2H3;3*1-2H3;2*1-2H2. The Morgan fingerprint density at radius 2 is 0.756 bits per heavy atom. The van der Waals surface area contributed by atoms with Crippen LogP contribution in [0.2, 0.25) is 15.1 Å². The van der Waals surface area contributed by atoms with Crippen molar-refractivity contribution >= 4 is 273 Å². The highest BCUT2D eigenvalue weighted by atomic mass is 79.9. The second kappa shape index (κ2) is 56.7. The number of thioether (sulfide) groups is 3. The zero-order valence-corrected chi connectivity index (χ0v) is 87.6. The molecule has 0 amide bonds. The topological polar surface area (TPSA) is 392 Å². The molecule has 44 heteroatoms. The van der Waals surface area contributed by atoms with Gasteiger partial charge < -0.3 is 44.3 Å². The summed E-state index contributed by atoms with van der Waals surface area (Å²) in [6.45, 7) is 44.1. The number of hydrogen-bond donors (Lipinski definition) is 6. The second-order valence-electron chi connectivity index (χ2n) is 25.4. The van der Waals surface area contributed by atoms with Gasteiger partial charge >= 0.3 is 10.1 Å². The summed E-state index contributed by atoms with van der Waals surface area (Å²) in [7, 11) is -26.3. The van der Waals surface area contributed by atoms with Crippen LogP contribution in [-0.2, 0) is 78.3 Å². The number of nitrogens with zero attached hydrogens (tertiary/aromatic N) is 6. The Bertz CT molecular complexity index is 5840. The highest BCUT2D eigenvalue weighted by Crippen LogP contribution is 2.51. The zero-order valence-electron chi connectivity index (χ0n) is 72.4. The summed E-state index contributed by atoms with van der Waals surface area (Å²) in [5.74, 6) is -3.60. The first-order chi connectivity index (χ1) is 60.0. The third-order valence-corrected chi connectivity index (χ3v) is 28.8. The number of unbranched alkanes of at least 4 members (excludes halogenated alkanes) is 2. The molecule has 13 rings (SSSR count). The molecule has 0 saturated heterocycles. The van der Waals surface area contributed by atoms with Crippen molar-refractivity contribution in [3.63, 3.8) is 0 Å². The van der Waals surface area contributed by atoms with Crippen LogP contribution in [0.25, 0.3) is 59.7 Å². The van der Waals surface area contributed by atoms with Gasteiger partial charge in [-0.2, -0.15) is 39.0 Å². The normalized spacial score (nSPS) is 13.6. The lowest BCUT2D eigenvalue weighted by Crippen LogP contribution is -2.39. The van der Waals surface area contributed by atoms with Crippen LogP contribution in [0.5, 0.6) is 0 Å². The van der Waals surface area contributed by atoms with Gasteiger partial charge in [0.05, 0.1) is 67.3 Å². The number of hydrogen-bond acceptors (Lipinski definition) is 27. The van der Waals surface area contributed by atoms with Crippen molar-refractivity contribution < 1.29 is 91.5 Å². The molecule has 6 N–H and O–H groups in total. The summed E-state index contributed by atoms with van der Waals surface area (Å²) in [5, 5.41) is 16.0. The van der Waals surface area contributed by atoms with Crippen LogP contribution in [0.4, 0.5) is 17.1 Å². The van der Waals surface area contributed by atoms with E-state index in [0.717, 1.165) is 104 Å². The van der Waals surface area contributed by atoms with E-state index in [4.69, 9.17) is 43.9 Å². The Morgan fingerprint density at radius 3 is 1.17 bits per heavy atom. The Balaban J connectivity index is 0.000000433. The van der Waals surface area contributed by atoms with Gasteiger partial charge in [-0.15, -0.1) is 26.3 Å². The number of nitrogens with one attached hydrogen (secondary N) is 3. The number of halogens is 5. The Labute approximate surface area is 806 Å². The van der Waals surface area contributed by atoms with Gasteiger partial charge in [-0.25, -0.2) is 25.3 Å². The summed E-state index contributed by atoms with van der Waals surface area (Å²) in [4.78, 5) is 7.96. The number of fused-ring (bicyclic) bond motifs is 8. The summed E-state index contributed by atoms with van der Waals surface area (Å²) in [6.07, 6.45) is 6.81. The van der Waals surface area contributed by atoms with Crippen molar-refractivity contribution in [2.24, 2.45) is 0 Å². The Kier molecular flexibility index (Phi) is 51.8. The van der Waals surface area contributed by atoms with Crippen LogP contribution in [0.3, 0.4) is 0 Å². The minimum atomic E-state index is -4.64. The summed E-state index contributed by atoms with van der Waals surface area (Å²) < 4.78 is 209. The van der Waals surface area contributed by atoms with Crippen LogP contribution >= 0.6 is 136 Å². The lowest BCUT2D eigenvalue weighted by atomic mass is 10.1. The van der Waals surface area contributed by atoms with E-state index < -0.39 is 84.2 Å². The molecule has 702 valence electrons. The first-order valence-electron chi connectivity index (χ1n) is 39.8. The molecule has 0 atom stereocenters. The van der Waals surface area contributed by atoms with Crippen LogP contribution < -0.4 is 44.4 Å². The van der Waals surface area contributed by atoms with Crippen molar-refractivity contribution in [3.05, 3.63) is 208 Å². The molecule has 27 nitrogen and oxygen atoms in total. The molecule has 6 heterocycles. The molecule has 0 bridgehead atoms. The van der Waals surface area contributed by atoms with Gasteiger partial charge in [-0.1, -0.05) is 243 Å².